The number of likely N-dealkylation sites (tertiary alicyclic amines) is 2. The summed E-state index contributed by atoms with van der Waals surface area (Å²) in [6.45, 7) is 8.87. The fraction of sp³-hybridized carbons (Fsp3) is 0.875. The molecule has 2 aliphatic rings. The third-order valence-electron chi connectivity index (χ3n) is 5.01. The van der Waals surface area contributed by atoms with E-state index in [1.54, 1.807) is 4.90 Å². The molecule has 0 aliphatic carbocycles. The number of carboxylic acid groups (broad SMARTS) is 1. The van der Waals surface area contributed by atoms with E-state index >= 15 is 0 Å². The van der Waals surface area contributed by atoms with E-state index in [2.05, 4.69) is 20.8 Å². The van der Waals surface area contributed by atoms with Gasteiger partial charge >= 0.3 is 12.0 Å². The van der Waals surface area contributed by atoms with Crippen LogP contribution in [0.15, 0.2) is 0 Å². The number of nitrogens with zero attached hydrogens (tertiary/aromatic N) is 2. The number of hydrogen-bond donors (Lipinski definition) is 1. The second-order valence-corrected chi connectivity index (χ2v) is 7.45. The molecule has 0 spiro atoms. The smallest absolute Gasteiger partial charge is 0.326 e. The Morgan fingerprint density at radius 2 is 1.67 bits per heavy atom. The van der Waals surface area contributed by atoms with Gasteiger partial charge in [-0.15, -0.1) is 0 Å². The monoisotopic (exact) mass is 296 g/mol. The highest BCUT2D eigenvalue weighted by molar-refractivity contribution is 5.83. The van der Waals surface area contributed by atoms with E-state index in [9.17, 15) is 14.7 Å². The van der Waals surface area contributed by atoms with E-state index in [1.165, 1.54) is 0 Å². The summed E-state index contributed by atoms with van der Waals surface area (Å²) in [7, 11) is 0. The van der Waals surface area contributed by atoms with Crippen LogP contribution < -0.4 is 0 Å². The Labute approximate surface area is 127 Å². The maximum Gasteiger partial charge on any atom is 0.326 e. The van der Waals surface area contributed by atoms with E-state index < -0.39 is 12.0 Å². The van der Waals surface area contributed by atoms with Gasteiger partial charge in [-0.3, -0.25) is 0 Å². The lowest BCUT2D eigenvalue weighted by Crippen LogP contribution is -2.48. The minimum Gasteiger partial charge on any atom is -0.480 e. The molecule has 0 aromatic rings. The van der Waals surface area contributed by atoms with Crippen LogP contribution in [0.1, 0.15) is 52.9 Å². The lowest BCUT2D eigenvalue weighted by Gasteiger charge is -2.31. The quantitative estimate of drug-likeness (QED) is 0.809. The van der Waals surface area contributed by atoms with Crippen LogP contribution in [0, 0.1) is 11.3 Å². The zero-order valence-electron chi connectivity index (χ0n) is 13.5. The number of urea groups is 1. The van der Waals surface area contributed by atoms with Crippen LogP contribution in [-0.4, -0.2) is 52.6 Å². The molecule has 21 heavy (non-hydrogen) atoms. The SMILES string of the molecule is CC(C)(C)C1CCCN(C(=O)N2CCC[C@@H]2C(=O)O)CC1. The Morgan fingerprint density at radius 3 is 2.29 bits per heavy atom. The molecule has 2 aliphatic heterocycles. The van der Waals surface area contributed by atoms with Crippen LogP contribution in [0.5, 0.6) is 0 Å². The van der Waals surface area contributed by atoms with Gasteiger partial charge in [0.2, 0.25) is 0 Å². The summed E-state index contributed by atoms with van der Waals surface area (Å²) in [4.78, 5) is 27.3. The van der Waals surface area contributed by atoms with Gasteiger partial charge in [0, 0.05) is 19.6 Å². The van der Waals surface area contributed by atoms with Crippen LogP contribution >= 0.6 is 0 Å². The molecule has 2 rings (SSSR count). The fourth-order valence-electron chi connectivity index (χ4n) is 3.59. The molecule has 0 aromatic heterocycles. The number of carboxylic acids is 1. The summed E-state index contributed by atoms with van der Waals surface area (Å²) in [5.74, 6) is -0.243. The summed E-state index contributed by atoms with van der Waals surface area (Å²) >= 11 is 0. The van der Waals surface area contributed by atoms with Crippen molar-refractivity contribution in [2.45, 2.75) is 58.9 Å². The van der Waals surface area contributed by atoms with Gasteiger partial charge in [0.05, 0.1) is 0 Å². The maximum absolute atomic E-state index is 12.6. The van der Waals surface area contributed by atoms with Crippen molar-refractivity contribution in [1.29, 1.82) is 0 Å². The topological polar surface area (TPSA) is 60.9 Å². The number of carbonyl (C=O) groups is 2. The van der Waals surface area contributed by atoms with Crippen molar-refractivity contribution in [3.8, 4) is 0 Å². The van der Waals surface area contributed by atoms with Gasteiger partial charge in [-0.1, -0.05) is 20.8 Å². The molecule has 2 heterocycles. The molecular formula is C16H28N2O3. The molecule has 120 valence electrons. The highest BCUT2D eigenvalue weighted by Crippen LogP contribution is 2.34. The van der Waals surface area contributed by atoms with Crippen molar-refractivity contribution in [2.24, 2.45) is 11.3 Å². The largest absolute Gasteiger partial charge is 0.480 e. The summed E-state index contributed by atoms with van der Waals surface area (Å²) in [5, 5.41) is 9.22. The minimum atomic E-state index is -0.872. The van der Waals surface area contributed by atoms with Gasteiger partial charge in [-0.2, -0.15) is 0 Å². The van der Waals surface area contributed by atoms with Crippen LogP contribution in [-0.2, 0) is 4.79 Å². The zero-order valence-corrected chi connectivity index (χ0v) is 13.5. The van der Waals surface area contributed by atoms with Gasteiger partial charge in [-0.05, 0) is 43.4 Å². The summed E-state index contributed by atoms with van der Waals surface area (Å²) < 4.78 is 0. The van der Waals surface area contributed by atoms with Gasteiger partial charge in [-0.25, -0.2) is 9.59 Å². The Hall–Kier alpha value is -1.26. The number of rotatable bonds is 1. The molecule has 5 nitrogen and oxygen atoms in total. The molecule has 2 fully saturated rings. The van der Waals surface area contributed by atoms with Crippen molar-refractivity contribution < 1.29 is 14.7 Å². The van der Waals surface area contributed by atoms with E-state index in [1.807, 2.05) is 4.90 Å². The molecule has 0 radical (unpaired) electrons. The zero-order chi connectivity index (χ0) is 15.6. The molecule has 0 aromatic carbocycles. The first kappa shape index (κ1) is 16.1. The maximum atomic E-state index is 12.6. The van der Waals surface area contributed by atoms with Gasteiger partial charge in [0.25, 0.3) is 0 Å². The van der Waals surface area contributed by atoms with Crippen LogP contribution in [0.4, 0.5) is 4.79 Å². The lowest BCUT2D eigenvalue weighted by atomic mass is 9.77. The Morgan fingerprint density at radius 1 is 1.00 bits per heavy atom. The third-order valence-corrected chi connectivity index (χ3v) is 5.01. The fourth-order valence-corrected chi connectivity index (χ4v) is 3.59. The number of aliphatic carboxylic acids is 1. The van der Waals surface area contributed by atoms with Gasteiger partial charge in [0.15, 0.2) is 0 Å². The van der Waals surface area contributed by atoms with Crippen LogP contribution in [0.3, 0.4) is 0 Å². The van der Waals surface area contributed by atoms with E-state index in [0.717, 1.165) is 38.8 Å². The number of carbonyl (C=O) groups excluding carboxylic acids is 1. The molecule has 2 amide bonds. The van der Waals surface area contributed by atoms with E-state index in [0.29, 0.717) is 18.9 Å². The van der Waals surface area contributed by atoms with Crippen LogP contribution in [0.2, 0.25) is 0 Å². The summed E-state index contributed by atoms with van der Waals surface area (Å²) in [6, 6.07) is -0.700. The average Bonchev–Trinajstić information content (AvgIpc) is 2.73. The standard InChI is InChI=1S/C16H28N2O3/c1-16(2,3)12-6-4-9-17(11-8-12)15(21)18-10-5-7-13(18)14(19)20/h12-13H,4-11H2,1-3H3,(H,19,20)/t12?,13-/m1/s1. The number of amides is 2. The highest BCUT2D eigenvalue weighted by atomic mass is 16.4. The summed E-state index contributed by atoms with van der Waals surface area (Å²) in [5.41, 5.74) is 0.274. The molecule has 1 N–H and O–H groups in total. The molecule has 0 bridgehead atoms. The first-order valence-corrected chi connectivity index (χ1v) is 8.09. The van der Waals surface area contributed by atoms with Crippen molar-refractivity contribution in [2.75, 3.05) is 19.6 Å². The van der Waals surface area contributed by atoms with Crippen molar-refractivity contribution in [3.63, 3.8) is 0 Å². The molecule has 5 heteroatoms. The first-order chi connectivity index (χ1) is 9.80. The van der Waals surface area contributed by atoms with Gasteiger partial charge < -0.3 is 14.9 Å². The van der Waals surface area contributed by atoms with Crippen molar-refractivity contribution in [3.05, 3.63) is 0 Å². The normalized spacial score (nSPS) is 27.6. The molecule has 2 atom stereocenters. The molecule has 2 saturated heterocycles. The van der Waals surface area contributed by atoms with Gasteiger partial charge in [0.1, 0.15) is 6.04 Å². The Balaban J connectivity index is 1.99. The van der Waals surface area contributed by atoms with E-state index in [-0.39, 0.29) is 11.4 Å². The predicted molar refractivity (Wildman–Crippen MR) is 81.1 cm³/mol. The first-order valence-electron chi connectivity index (χ1n) is 8.09. The second kappa shape index (κ2) is 6.24. The second-order valence-electron chi connectivity index (χ2n) is 7.45. The molecule has 1 unspecified atom stereocenters. The average molecular weight is 296 g/mol. The third kappa shape index (κ3) is 3.69. The molecule has 0 saturated carbocycles. The van der Waals surface area contributed by atoms with Crippen molar-refractivity contribution >= 4 is 12.0 Å². The van der Waals surface area contributed by atoms with Crippen LogP contribution in [0.25, 0.3) is 0 Å². The Bertz CT molecular complexity index is 403. The Kier molecular flexibility index (Phi) is 4.79. The van der Waals surface area contributed by atoms with E-state index in [4.69, 9.17) is 0 Å². The minimum absolute atomic E-state index is 0.0746. The molecular weight excluding hydrogens is 268 g/mol. The lowest BCUT2D eigenvalue weighted by molar-refractivity contribution is -0.141. The number of hydrogen-bond acceptors (Lipinski definition) is 2. The predicted octanol–water partition coefficient (Wildman–Crippen LogP) is 2.80. The summed E-state index contributed by atoms with van der Waals surface area (Å²) in [6.07, 6.45) is 4.55. The highest BCUT2D eigenvalue weighted by Gasteiger charge is 2.37. The van der Waals surface area contributed by atoms with Crippen molar-refractivity contribution in [1.82, 2.24) is 9.80 Å².